The molecule has 1 saturated carbocycles. The first-order valence-electron chi connectivity index (χ1n) is 3.21. The molecule has 0 aromatic heterocycles. The van der Waals surface area contributed by atoms with Crippen LogP contribution in [0.25, 0.3) is 0 Å². The van der Waals surface area contributed by atoms with Crippen molar-refractivity contribution in [3.05, 3.63) is 11.6 Å². The van der Waals surface area contributed by atoms with Crippen LogP contribution in [0.4, 0.5) is 0 Å². The Morgan fingerprint density at radius 1 is 1.75 bits per heavy atom. The normalized spacial score (nSPS) is 41.4. The van der Waals surface area contributed by atoms with E-state index in [1.165, 1.54) is 12.8 Å². The Hall–Kier alpha value is -0.300. The minimum absolute atomic E-state index is 0.361. The molecule has 0 aliphatic heterocycles. The highest BCUT2D eigenvalue weighted by Gasteiger charge is 2.36. The molecule has 1 fully saturated rings. The molecular weight excluding hydrogens is 100 g/mol. The fourth-order valence-corrected chi connectivity index (χ4v) is 1.53. The van der Waals surface area contributed by atoms with E-state index in [1.807, 2.05) is 0 Å². The molecule has 0 aromatic rings. The Balaban J connectivity index is 2.06. The van der Waals surface area contributed by atoms with Crippen LogP contribution >= 0.6 is 0 Å². The summed E-state index contributed by atoms with van der Waals surface area (Å²) in [6, 6.07) is 0. The largest absolute Gasteiger partial charge is 0.396 e. The Kier molecular flexibility index (Phi) is 0.770. The van der Waals surface area contributed by atoms with Crippen LogP contribution in [0.2, 0.25) is 0 Å². The first-order chi connectivity index (χ1) is 3.90. The summed E-state index contributed by atoms with van der Waals surface area (Å²) >= 11 is 0. The van der Waals surface area contributed by atoms with Crippen LogP contribution in [-0.4, -0.2) is 11.7 Å². The second-order valence-electron chi connectivity index (χ2n) is 2.82. The van der Waals surface area contributed by atoms with E-state index in [-0.39, 0.29) is 0 Å². The predicted molar refractivity (Wildman–Crippen MR) is 31.4 cm³/mol. The molecule has 1 N–H and O–H groups in total. The summed E-state index contributed by atoms with van der Waals surface area (Å²) in [6.07, 6.45) is 4.80. The Morgan fingerprint density at radius 3 is 3.00 bits per heavy atom. The van der Waals surface area contributed by atoms with E-state index in [1.54, 1.807) is 5.57 Å². The fourth-order valence-electron chi connectivity index (χ4n) is 1.53. The molecule has 0 aromatic carbocycles. The minimum Gasteiger partial charge on any atom is -0.396 e. The monoisotopic (exact) mass is 110 g/mol. The van der Waals surface area contributed by atoms with Crippen molar-refractivity contribution in [2.24, 2.45) is 11.8 Å². The number of hydrogen-bond donors (Lipinski definition) is 1. The summed E-state index contributed by atoms with van der Waals surface area (Å²) in [5, 5.41) is 8.66. The first kappa shape index (κ1) is 4.57. The maximum Gasteiger partial charge on any atom is 0.0494 e. The lowest BCUT2D eigenvalue weighted by molar-refractivity contribution is 0.246. The predicted octanol–water partition coefficient (Wildman–Crippen LogP) is 0.945. The average molecular weight is 110 g/mol. The van der Waals surface area contributed by atoms with Crippen molar-refractivity contribution in [1.82, 2.24) is 0 Å². The Labute approximate surface area is 49.0 Å². The second-order valence-corrected chi connectivity index (χ2v) is 2.82. The van der Waals surface area contributed by atoms with Gasteiger partial charge >= 0.3 is 0 Å². The summed E-state index contributed by atoms with van der Waals surface area (Å²) in [5.74, 6) is 1.41. The number of hydrogen-bond acceptors (Lipinski definition) is 1. The van der Waals surface area contributed by atoms with Gasteiger partial charge in [0.1, 0.15) is 0 Å². The SMILES string of the molecule is OCC1C=C2C[C@H]2C1. The quantitative estimate of drug-likeness (QED) is 0.498. The molecule has 1 nitrogen and oxygen atoms in total. The van der Waals surface area contributed by atoms with E-state index in [0.29, 0.717) is 12.5 Å². The van der Waals surface area contributed by atoms with Crippen molar-refractivity contribution in [2.75, 3.05) is 6.61 Å². The zero-order valence-electron chi connectivity index (χ0n) is 4.80. The molecule has 0 radical (unpaired) electrons. The van der Waals surface area contributed by atoms with Gasteiger partial charge in [-0.2, -0.15) is 0 Å². The molecule has 0 saturated heterocycles. The third-order valence-corrected chi connectivity index (χ3v) is 2.12. The van der Waals surface area contributed by atoms with Crippen molar-refractivity contribution in [1.29, 1.82) is 0 Å². The van der Waals surface area contributed by atoms with Gasteiger partial charge in [0.2, 0.25) is 0 Å². The summed E-state index contributed by atoms with van der Waals surface area (Å²) in [5.41, 5.74) is 1.60. The zero-order valence-corrected chi connectivity index (χ0v) is 4.80. The highest BCUT2D eigenvalue weighted by atomic mass is 16.3. The maximum atomic E-state index is 8.66. The fraction of sp³-hybridized carbons (Fsp3) is 0.714. The highest BCUT2D eigenvalue weighted by molar-refractivity contribution is 5.29. The summed E-state index contributed by atoms with van der Waals surface area (Å²) in [7, 11) is 0. The number of aliphatic hydroxyl groups excluding tert-OH is 1. The third-order valence-electron chi connectivity index (χ3n) is 2.12. The second kappa shape index (κ2) is 1.35. The average Bonchev–Trinajstić information content (AvgIpc) is 2.40. The number of aliphatic hydroxyl groups is 1. The molecule has 0 heterocycles. The van der Waals surface area contributed by atoms with E-state index in [2.05, 4.69) is 6.08 Å². The molecule has 44 valence electrons. The smallest absolute Gasteiger partial charge is 0.0494 e. The molecule has 8 heavy (non-hydrogen) atoms. The van der Waals surface area contributed by atoms with Crippen LogP contribution < -0.4 is 0 Å². The van der Waals surface area contributed by atoms with Crippen LogP contribution in [-0.2, 0) is 0 Å². The maximum absolute atomic E-state index is 8.66. The zero-order chi connectivity index (χ0) is 5.56. The molecule has 2 rings (SSSR count). The molecule has 1 heteroatoms. The molecule has 2 aliphatic carbocycles. The van der Waals surface area contributed by atoms with Gasteiger partial charge in [0.25, 0.3) is 0 Å². The van der Waals surface area contributed by atoms with Crippen LogP contribution in [0.15, 0.2) is 11.6 Å². The third kappa shape index (κ3) is 0.511. The summed E-state index contributed by atoms with van der Waals surface area (Å²) < 4.78 is 0. The van der Waals surface area contributed by atoms with E-state index in [4.69, 9.17) is 5.11 Å². The van der Waals surface area contributed by atoms with Gasteiger partial charge in [0.05, 0.1) is 0 Å². The lowest BCUT2D eigenvalue weighted by atomic mass is 10.1. The minimum atomic E-state index is 0.361. The molecule has 2 aliphatic rings. The number of rotatable bonds is 1. The summed E-state index contributed by atoms with van der Waals surface area (Å²) in [4.78, 5) is 0. The lowest BCUT2D eigenvalue weighted by Gasteiger charge is -2.00. The van der Waals surface area contributed by atoms with Gasteiger partial charge in [-0.15, -0.1) is 0 Å². The van der Waals surface area contributed by atoms with Crippen LogP contribution in [0.5, 0.6) is 0 Å². The van der Waals surface area contributed by atoms with Gasteiger partial charge in [-0.05, 0) is 18.8 Å². The van der Waals surface area contributed by atoms with E-state index in [9.17, 15) is 0 Å². The highest BCUT2D eigenvalue weighted by Crippen LogP contribution is 2.48. The number of fused-ring (bicyclic) bond motifs is 1. The summed E-state index contributed by atoms with van der Waals surface area (Å²) in [6.45, 7) is 0.361. The van der Waals surface area contributed by atoms with Gasteiger partial charge in [0, 0.05) is 12.5 Å². The lowest BCUT2D eigenvalue weighted by Crippen LogP contribution is -1.99. The van der Waals surface area contributed by atoms with Crippen molar-refractivity contribution in [3.8, 4) is 0 Å². The van der Waals surface area contributed by atoms with E-state index < -0.39 is 0 Å². The Bertz CT molecular complexity index is 137. The van der Waals surface area contributed by atoms with Crippen LogP contribution in [0.1, 0.15) is 12.8 Å². The van der Waals surface area contributed by atoms with Gasteiger partial charge in [-0.3, -0.25) is 0 Å². The van der Waals surface area contributed by atoms with Gasteiger partial charge in [-0.1, -0.05) is 11.6 Å². The molecule has 0 spiro atoms. The standard InChI is InChI=1S/C7H10O/c8-4-5-1-6-3-7(6)2-5/h1,5,7-8H,2-4H2/t5?,7-/m1/s1. The topological polar surface area (TPSA) is 20.2 Å². The Morgan fingerprint density at radius 2 is 2.62 bits per heavy atom. The molecule has 2 atom stereocenters. The van der Waals surface area contributed by atoms with E-state index in [0.717, 1.165) is 5.92 Å². The van der Waals surface area contributed by atoms with Crippen LogP contribution in [0, 0.1) is 11.8 Å². The molecule has 1 unspecified atom stereocenters. The molecule has 0 amide bonds. The van der Waals surface area contributed by atoms with Crippen LogP contribution in [0.3, 0.4) is 0 Å². The van der Waals surface area contributed by atoms with Crippen molar-refractivity contribution < 1.29 is 5.11 Å². The first-order valence-corrected chi connectivity index (χ1v) is 3.21. The van der Waals surface area contributed by atoms with Gasteiger partial charge in [-0.25, -0.2) is 0 Å². The van der Waals surface area contributed by atoms with Gasteiger partial charge in [0.15, 0.2) is 0 Å². The van der Waals surface area contributed by atoms with Crippen molar-refractivity contribution in [2.45, 2.75) is 12.8 Å². The van der Waals surface area contributed by atoms with E-state index >= 15 is 0 Å². The van der Waals surface area contributed by atoms with Crippen molar-refractivity contribution in [3.63, 3.8) is 0 Å². The van der Waals surface area contributed by atoms with Crippen molar-refractivity contribution >= 4 is 0 Å². The molecular formula is C7H10O. The molecule has 0 bridgehead atoms. The van der Waals surface area contributed by atoms with Gasteiger partial charge < -0.3 is 5.11 Å². The number of allylic oxidation sites excluding steroid dienone is 1.